The van der Waals surface area contributed by atoms with E-state index in [1.807, 2.05) is 19.2 Å². The average Bonchev–Trinajstić information content (AvgIpc) is 2.74. The molecule has 0 bridgehead atoms. The number of nitrogens with zero attached hydrogens (tertiary/aromatic N) is 1. The standard InChI is InChI=1S/C15H19FN2S/c1-10-5-6-12(13(16)7-10)14-17-8-11(19-14)9-18-15(2,3)4/h5-8,18H,9H2,1-4H3. The molecule has 0 aliphatic rings. The summed E-state index contributed by atoms with van der Waals surface area (Å²) in [7, 11) is 0. The van der Waals surface area contributed by atoms with Crippen LogP contribution in [0.1, 0.15) is 31.2 Å². The number of halogens is 1. The van der Waals surface area contributed by atoms with Crippen LogP contribution in [0.15, 0.2) is 24.4 Å². The number of thiazole rings is 1. The van der Waals surface area contributed by atoms with Crippen LogP contribution in [0.5, 0.6) is 0 Å². The molecule has 0 amide bonds. The Balaban J connectivity index is 2.16. The topological polar surface area (TPSA) is 24.9 Å². The number of benzene rings is 1. The largest absolute Gasteiger partial charge is 0.307 e. The number of aromatic nitrogens is 1. The Morgan fingerprint density at radius 3 is 2.68 bits per heavy atom. The Morgan fingerprint density at radius 1 is 1.32 bits per heavy atom. The number of hydrogen-bond acceptors (Lipinski definition) is 3. The summed E-state index contributed by atoms with van der Waals surface area (Å²) < 4.78 is 13.9. The predicted octanol–water partition coefficient (Wildman–Crippen LogP) is 4.15. The number of aryl methyl sites for hydroxylation is 1. The summed E-state index contributed by atoms with van der Waals surface area (Å²) >= 11 is 1.53. The minimum atomic E-state index is -0.204. The molecule has 4 heteroatoms. The molecule has 1 aromatic heterocycles. The molecule has 0 saturated heterocycles. The van der Waals surface area contributed by atoms with Gasteiger partial charge in [0.2, 0.25) is 0 Å². The van der Waals surface area contributed by atoms with E-state index < -0.39 is 0 Å². The molecule has 0 saturated carbocycles. The predicted molar refractivity (Wildman–Crippen MR) is 78.8 cm³/mol. The zero-order chi connectivity index (χ0) is 14.0. The fraction of sp³-hybridized carbons (Fsp3) is 0.400. The van der Waals surface area contributed by atoms with Crippen molar-refractivity contribution < 1.29 is 4.39 Å². The summed E-state index contributed by atoms with van der Waals surface area (Å²) in [5.41, 5.74) is 1.57. The van der Waals surface area contributed by atoms with Crippen molar-refractivity contribution in [1.29, 1.82) is 0 Å². The Kier molecular flexibility index (Phi) is 4.02. The van der Waals surface area contributed by atoms with Gasteiger partial charge < -0.3 is 5.32 Å². The monoisotopic (exact) mass is 278 g/mol. The van der Waals surface area contributed by atoms with E-state index in [1.54, 1.807) is 12.1 Å². The molecule has 2 rings (SSSR count). The van der Waals surface area contributed by atoms with Crippen LogP contribution in [0.3, 0.4) is 0 Å². The Morgan fingerprint density at radius 2 is 2.05 bits per heavy atom. The molecule has 2 nitrogen and oxygen atoms in total. The Bertz CT molecular complexity index is 570. The third kappa shape index (κ3) is 3.85. The Labute approximate surface area is 117 Å². The van der Waals surface area contributed by atoms with Crippen LogP contribution in [0, 0.1) is 12.7 Å². The molecule has 0 spiro atoms. The smallest absolute Gasteiger partial charge is 0.133 e. The minimum Gasteiger partial charge on any atom is -0.307 e. The van der Waals surface area contributed by atoms with Crippen molar-refractivity contribution in [2.75, 3.05) is 0 Å². The van der Waals surface area contributed by atoms with Crippen LogP contribution in [-0.2, 0) is 6.54 Å². The van der Waals surface area contributed by atoms with Gasteiger partial charge in [-0.25, -0.2) is 9.37 Å². The van der Waals surface area contributed by atoms with Gasteiger partial charge in [-0.3, -0.25) is 0 Å². The molecule has 2 aromatic rings. The summed E-state index contributed by atoms with van der Waals surface area (Å²) in [4.78, 5) is 5.43. The quantitative estimate of drug-likeness (QED) is 0.912. The maximum absolute atomic E-state index is 13.9. The lowest BCUT2D eigenvalue weighted by atomic mass is 10.1. The summed E-state index contributed by atoms with van der Waals surface area (Å²) in [5, 5.41) is 4.14. The van der Waals surface area contributed by atoms with Gasteiger partial charge >= 0.3 is 0 Å². The third-order valence-electron chi connectivity index (χ3n) is 2.70. The lowest BCUT2D eigenvalue weighted by molar-refractivity contribution is 0.426. The van der Waals surface area contributed by atoms with E-state index in [0.717, 1.165) is 22.0 Å². The minimum absolute atomic E-state index is 0.0687. The highest BCUT2D eigenvalue weighted by Gasteiger charge is 2.12. The third-order valence-corrected chi connectivity index (χ3v) is 3.73. The highest BCUT2D eigenvalue weighted by molar-refractivity contribution is 7.15. The van der Waals surface area contributed by atoms with Gasteiger partial charge in [-0.15, -0.1) is 11.3 Å². The molecule has 0 atom stereocenters. The van der Waals surface area contributed by atoms with Crippen molar-refractivity contribution in [2.45, 2.75) is 39.8 Å². The highest BCUT2D eigenvalue weighted by atomic mass is 32.1. The first-order valence-electron chi connectivity index (χ1n) is 6.31. The van der Waals surface area contributed by atoms with Gasteiger partial charge in [0.05, 0.1) is 0 Å². The van der Waals surface area contributed by atoms with Crippen molar-refractivity contribution in [3.8, 4) is 10.6 Å². The fourth-order valence-corrected chi connectivity index (χ4v) is 2.54. The summed E-state index contributed by atoms with van der Waals surface area (Å²) in [6.45, 7) is 9.00. The van der Waals surface area contributed by atoms with Crippen LogP contribution in [0.4, 0.5) is 4.39 Å². The van der Waals surface area contributed by atoms with Gasteiger partial charge in [0.15, 0.2) is 0 Å². The van der Waals surface area contributed by atoms with E-state index in [0.29, 0.717) is 5.56 Å². The van der Waals surface area contributed by atoms with Gasteiger partial charge in [-0.05, 0) is 45.4 Å². The maximum atomic E-state index is 13.9. The van der Waals surface area contributed by atoms with Gasteiger partial charge in [0, 0.05) is 28.7 Å². The van der Waals surface area contributed by atoms with E-state index in [2.05, 4.69) is 31.1 Å². The summed E-state index contributed by atoms with van der Waals surface area (Å²) in [6, 6.07) is 5.25. The molecule has 1 heterocycles. The van der Waals surface area contributed by atoms with Crippen molar-refractivity contribution in [1.82, 2.24) is 10.3 Å². The Hall–Kier alpha value is -1.26. The second kappa shape index (κ2) is 5.39. The number of hydrogen-bond donors (Lipinski definition) is 1. The molecule has 102 valence electrons. The first-order chi connectivity index (χ1) is 8.85. The zero-order valence-corrected chi connectivity index (χ0v) is 12.6. The van der Waals surface area contributed by atoms with Crippen LogP contribution < -0.4 is 5.32 Å². The van der Waals surface area contributed by atoms with Gasteiger partial charge in [-0.1, -0.05) is 6.07 Å². The SMILES string of the molecule is Cc1ccc(-c2ncc(CNC(C)(C)C)s2)c(F)c1. The molecule has 0 aliphatic carbocycles. The zero-order valence-electron chi connectivity index (χ0n) is 11.7. The lowest BCUT2D eigenvalue weighted by Crippen LogP contribution is -2.34. The lowest BCUT2D eigenvalue weighted by Gasteiger charge is -2.19. The van der Waals surface area contributed by atoms with Crippen LogP contribution in [0.25, 0.3) is 10.6 Å². The molecular weight excluding hydrogens is 259 g/mol. The average molecular weight is 278 g/mol. The summed E-state index contributed by atoms with van der Waals surface area (Å²) in [5.74, 6) is -0.204. The number of rotatable bonds is 3. The number of nitrogens with one attached hydrogen (secondary N) is 1. The van der Waals surface area contributed by atoms with Gasteiger partial charge in [0.25, 0.3) is 0 Å². The van der Waals surface area contributed by atoms with Crippen molar-refractivity contribution in [3.05, 3.63) is 40.7 Å². The van der Waals surface area contributed by atoms with E-state index in [1.165, 1.54) is 11.3 Å². The molecule has 0 unspecified atom stereocenters. The first-order valence-corrected chi connectivity index (χ1v) is 7.13. The molecule has 0 aliphatic heterocycles. The van der Waals surface area contributed by atoms with Crippen LogP contribution in [-0.4, -0.2) is 10.5 Å². The molecule has 0 radical (unpaired) electrons. The van der Waals surface area contributed by atoms with Crippen LogP contribution in [0.2, 0.25) is 0 Å². The van der Waals surface area contributed by atoms with E-state index >= 15 is 0 Å². The normalized spacial score (nSPS) is 11.8. The molecule has 19 heavy (non-hydrogen) atoms. The molecular formula is C15H19FN2S. The van der Waals surface area contributed by atoms with E-state index in [4.69, 9.17) is 0 Å². The van der Waals surface area contributed by atoms with Crippen LogP contribution >= 0.6 is 11.3 Å². The fourth-order valence-electron chi connectivity index (χ4n) is 1.66. The second-order valence-electron chi connectivity index (χ2n) is 5.72. The van der Waals surface area contributed by atoms with Gasteiger partial charge in [0.1, 0.15) is 10.8 Å². The maximum Gasteiger partial charge on any atom is 0.133 e. The van der Waals surface area contributed by atoms with Gasteiger partial charge in [-0.2, -0.15) is 0 Å². The first kappa shape index (κ1) is 14.2. The van der Waals surface area contributed by atoms with Crippen molar-refractivity contribution in [2.24, 2.45) is 0 Å². The molecule has 1 N–H and O–H groups in total. The molecule has 1 aromatic carbocycles. The molecule has 0 fully saturated rings. The van der Waals surface area contributed by atoms with E-state index in [-0.39, 0.29) is 11.4 Å². The van der Waals surface area contributed by atoms with E-state index in [9.17, 15) is 4.39 Å². The summed E-state index contributed by atoms with van der Waals surface area (Å²) in [6.07, 6.45) is 1.82. The van der Waals surface area contributed by atoms with Crippen molar-refractivity contribution >= 4 is 11.3 Å². The second-order valence-corrected chi connectivity index (χ2v) is 6.83. The highest BCUT2D eigenvalue weighted by Crippen LogP contribution is 2.28. The van der Waals surface area contributed by atoms with Crippen molar-refractivity contribution in [3.63, 3.8) is 0 Å².